The normalized spacial score (nSPS) is 16.4. The molecule has 1 rings (SSSR count). The SMILES string of the molecule is CC(N)(CN)c1ccc(Cl)s1. The summed E-state index contributed by atoms with van der Waals surface area (Å²) in [6, 6.07) is 3.75. The first kappa shape index (κ1) is 9.00. The second-order valence-corrected chi connectivity index (χ2v) is 4.44. The van der Waals surface area contributed by atoms with Crippen LogP contribution in [-0.4, -0.2) is 6.54 Å². The van der Waals surface area contributed by atoms with Crippen LogP contribution >= 0.6 is 22.9 Å². The Hall–Kier alpha value is -0.0900. The van der Waals surface area contributed by atoms with Crippen molar-refractivity contribution in [1.82, 2.24) is 0 Å². The van der Waals surface area contributed by atoms with Crippen LogP contribution in [0.15, 0.2) is 12.1 Å². The molecule has 0 aromatic carbocycles. The summed E-state index contributed by atoms with van der Waals surface area (Å²) < 4.78 is 0.755. The fourth-order valence-corrected chi connectivity index (χ4v) is 1.83. The van der Waals surface area contributed by atoms with Crippen molar-refractivity contribution < 1.29 is 0 Å². The summed E-state index contributed by atoms with van der Waals surface area (Å²) in [5.74, 6) is 0. The zero-order valence-electron chi connectivity index (χ0n) is 6.30. The molecule has 1 atom stereocenters. The van der Waals surface area contributed by atoms with Gasteiger partial charge in [-0.15, -0.1) is 11.3 Å². The molecule has 0 saturated carbocycles. The highest BCUT2D eigenvalue weighted by molar-refractivity contribution is 7.16. The van der Waals surface area contributed by atoms with Gasteiger partial charge in [-0.3, -0.25) is 0 Å². The molecule has 11 heavy (non-hydrogen) atoms. The minimum absolute atomic E-state index is 0.433. The molecular weight excluding hydrogens is 180 g/mol. The van der Waals surface area contributed by atoms with Crippen LogP contribution in [0.2, 0.25) is 4.34 Å². The molecular formula is C7H11ClN2S. The Morgan fingerprint density at radius 1 is 1.64 bits per heavy atom. The predicted octanol–water partition coefficient (Wildman–Crippen LogP) is 1.53. The lowest BCUT2D eigenvalue weighted by Gasteiger charge is -2.19. The topological polar surface area (TPSA) is 52.0 Å². The van der Waals surface area contributed by atoms with Crippen LogP contribution in [-0.2, 0) is 5.54 Å². The second kappa shape index (κ2) is 3.11. The lowest BCUT2D eigenvalue weighted by molar-refractivity contribution is 0.518. The molecule has 0 saturated heterocycles. The summed E-state index contributed by atoms with van der Waals surface area (Å²) in [7, 11) is 0. The number of rotatable bonds is 2. The van der Waals surface area contributed by atoms with Crippen molar-refractivity contribution in [3.8, 4) is 0 Å². The zero-order chi connectivity index (χ0) is 8.48. The third kappa shape index (κ3) is 1.93. The first-order valence-electron chi connectivity index (χ1n) is 3.31. The highest BCUT2D eigenvalue weighted by Crippen LogP contribution is 2.28. The van der Waals surface area contributed by atoms with Gasteiger partial charge in [-0.25, -0.2) is 0 Å². The summed E-state index contributed by atoms with van der Waals surface area (Å²) in [6.45, 7) is 2.33. The van der Waals surface area contributed by atoms with Crippen molar-refractivity contribution in [2.45, 2.75) is 12.5 Å². The van der Waals surface area contributed by atoms with E-state index in [9.17, 15) is 0 Å². The maximum Gasteiger partial charge on any atom is 0.0931 e. The van der Waals surface area contributed by atoms with Gasteiger partial charge < -0.3 is 11.5 Å². The maximum atomic E-state index is 5.88. The van der Waals surface area contributed by atoms with E-state index in [4.69, 9.17) is 23.1 Å². The van der Waals surface area contributed by atoms with Crippen molar-refractivity contribution in [2.24, 2.45) is 11.5 Å². The van der Waals surface area contributed by atoms with Gasteiger partial charge in [0.15, 0.2) is 0 Å². The number of nitrogens with two attached hydrogens (primary N) is 2. The standard InChI is InChI=1S/C7H11ClN2S/c1-7(10,4-9)5-2-3-6(8)11-5/h2-3H,4,9-10H2,1H3. The Balaban J connectivity index is 2.92. The van der Waals surface area contributed by atoms with Gasteiger partial charge in [0, 0.05) is 11.4 Å². The van der Waals surface area contributed by atoms with E-state index >= 15 is 0 Å². The van der Waals surface area contributed by atoms with E-state index in [0.29, 0.717) is 6.54 Å². The molecule has 1 aromatic rings. The van der Waals surface area contributed by atoms with Gasteiger partial charge >= 0.3 is 0 Å². The monoisotopic (exact) mass is 190 g/mol. The molecule has 4 N–H and O–H groups in total. The van der Waals surface area contributed by atoms with Gasteiger partial charge in [-0.2, -0.15) is 0 Å². The Morgan fingerprint density at radius 2 is 2.27 bits per heavy atom. The maximum absolute atomic E-state index is 5.88. The lowest BCUT2D eigenvalue weighted by Crippen LogP contribution is -2.39. The van der Waals surface area contributed by atoms with E-state index in [1.54, 1.807) is 0 Å². The van der Waals surface area contributed by atoms with Gasteiger partial charge in [0.25, 0.3) is 0 Å². The van der Waals surface area contributed by atoms with Crippen LogP contribution < -0.4 is 11.5 Å². The molecule has 0 aliphatic carbocycles. The van der Waals surface area contributed by atoms with E-state index in [-0.39, 0.29) is 0 Å². The Morgan fingerprint density at radius 3 is 2.64 bits per heavy atom. The minimum Gasteiger partial charge on any atom is -0.328 e. The third-order valence-corrected chi connectivity index (χ3v) is 3.07. The zero-order valence-corrected chi connectivity index (χ0v) is 7.88. The van der Waals surface area contributed by atoms with E-state index in [1.165, 1.54) is 11.3 Å². The third-order valence-electron chi connectivity index (χ3n) is 1.56. The quantitative estimate of drug-likeness (QED) is 0.744. The van der Waals surface area contributed by atoms with Crippen LogP contribution in [0.25, 0.3) is 0 Å². The molecule has 0 fully saturated rings. The molecule has 62 valence electrons. The van der Waals surface area contributed by atoms with Crippen LogP contribution in [0.3, 0.4) is 0 Å². The first-order valence-corrected chi connectivity index (χ1v) is 4.50. The van der Waals surface area contributed by atoms with Gasteiger partial charge in [0.05, 0.1) is 9.88 Å². The summed E-state index contributed by atoms with van der Waals surface area (Å²) in [5, 5.41) is 0. The minimum atomic E-state index is -0.433. The Bertz CT molecular complexity index is 244. The molecule has 2 nitrogen and oxygen atoms in total. The molecule has 1 heterocycles. The highest BCUT2D eigenvalue weighted by atomic mass is 35.5. The van der Waals surface area contributed by atoms with Crippen molar-refractivity contribution >= 4 is 22.9 Å². The molecule has 0 aliphatic heterocycles. The van der Waals surface area contributed by atoms with Gasteiger partial charge in [-0.05, 0) is 19.1 Å². The number of thiophene rings is 1. The molecule has 1 unspecified atom stereocenters. The fourth-order valence-electron chi connectivity index (χ4n) is 0.722. The number of hydrogen-bond donors (Lipinski definition) is 2. The van der Waals surface area contributed by atoms with Crippen molar-refractivity contribution in [3.63, 3.8) is 0 Å². The van der Waals surface area contributed by atoms with Crippen LogP contribution in [0.1, 0.15) is 11.8 Å². The molecule has 0 radical (unpaired) electrons. The molecule has 0 bridgehead atoms. The fraction of sp³-hybridized carbons (Fsp3) is 0.429. The summed E-state index contributed by atoms with van der Waals surface area (Å²) in [5.41, 5.74) is 10.9. The molecule has 4 heteroatoms. The molecule has 0 amide bonds. The Labute approximate surface area is 75.1 Å². The van der Waals surface area contributed by atoms with Crippen molar-refractivity contribution in [1.29, 1.82) is 0 Å². The van der Waals surface area contributed by atoms with Crippen LogP contribution in [0.4, 0.5) is 0 Å². The number of halogens is 1. The average Bonchev–Trinajstić information content (AvgIpc) is 2.36. The molecule has 1 aromatic heterocycles. The van der Waals surface area contributed by atoms with Gasteiger partial charge in [-0.1, -0.05) is 11.6 Å². The molecule has 0 aliphatic rings. The van der Waals surface area contributed by atoms with Crippen LogP contribution in [0.5, 0.6) is 0 Å². The second-order valence-electron chi connectivity index (χ2n) is 2.73. The van der Waals surface area contributed by atoms with Crippen molar-refractivity contribution in [2.75, 3.05) is 6.54 Å². The Kier molecular flexibility index (Phi) is 2.54. The summed E-state index contributed by atoms with van der Waals surface area (Å²) in [6.07, 6.45) is 0. The van der Waals surface area contributed by atoms with E-state index in [1.807, 2.05) is 19.1 Å². The van der Waals surface area contributed by atoms with E-state index < -0.39 is 5.54 Å². The van der Waals surface area contributed by atoms with Crippen molar-refractivity contribution in [3.05, 3.63) is 21.3 Å². The molecule has 0 spiro atoms. The first-order chi connectivity index (χ1) is 5.06. The van der Waals surface area contributed by atoms with Gasteiger partial charge in [0.1, 0.15) is 0 Å². The summed E-state index contributed by atoms with van der Waals surface area (Å²) >= 11 is 7.23. The predicted molar refractivity (Wildman–Crippen MR) is 49.9 cm³/mol. The van der Waals surface area contributed by atoms with E-state index in [0.717, 1.165) is 9.21 Å². The summed E-state index contributed by atoms with van der Waals surface area (Å²) in [4.78, 5) is 1.03. The average molecular weight is 191 g/mol. The van der Waals surface area contributed by atoms with Gasteiger partial charge in [0.2, 0.25) is 0 Å². The largest absolute Gasteiger partial charge is 0.328 e. The van der Waals surface area contributed by atoms with E-state index in [2.05, 4.69) is 0 Å². The smallest absolute Gasteiger partial charge is 0.0931 e. The highest BCUT2D eigenvalue weighted by Gasteiger charge is 2.20. The lowest BCUT2D eigenvalue weighted by atomic mass is 10.0. The number of hydrogen-bond acceptors (Lipinski definition) is 3. The van der Waals surface area contributed by atoms with Crippen LogP contribution in [0, 0.1) is 0 Å².